The van der Waals surface area contributed by atoms with Crippen LogP contribution in [0, 0.1) is 5.92 Å². The molecule has 0 aromatic heterocycles. The summed E-state index contributed by atoms with van der Waals surface area (Å²) in [7, 11) is 1.62. The molecule has 2 fully saturated rings. The van der Waals surface area contributed by atoms with E-state index in [0.29, 0.717) is 11.5 Å². The Labute approximate surface area is 150 Å². The van der Waals surface area contributed by atoms with E-state index >= 15 is 0 Å². The monoisotopic (exact) mass is 346 g/mol. The number of ether oxygens (including phenoxy) is 2. The Kier molecular flexibility index (Phi) is 5.64. The van der Waals surface area contributed by atoms with Gasteiger partial charge < -0.3 is 14.4 Å². The molecule has 3 rings (SSSR count). The quantitative estimate of drug-likeness (QED) is 0.841. The molecule has 0 N–H and O–H groups in total. The molecule has 0 bridgehead atoms. The summed E-state index contributed by atoms with van der Waals surface area (Å²) in [4.78, 5) is 17.1. The van der Waals surface area contributed by atoms with Gasteiger partial charge in [0.15, 0.2) is 0 Å². The van der Waals surface area contributed by atoms with Crippen LogP contribution in [-0.2, 0) is 4.74 Å². The van der Waals surface area contributed by atoms with E-state index in [1.807, 2.05) is 29.2 Å². The maximum absolute atomic E-state index is 12.7. The number of hydrogen-bond acceptors (Lipinski definition) is 4. The Bertz CT molecular complexity index is 594. The predicted molar refractivity (Wildman–Crippen MR) is 98.1 cm³/mol. The highest BCUT2D eigenvalue weighted by molar-refractivity contribution is 5.94. The molecule has 5 nitrogen and oxygen atoms in total. The molecule has 2 aliphatic heterocycles. The fraction of sp³-hybridized carbons (Fsp3) is 0.650. The molecule has 1 aromatic carbocycles. The van der Waals surface area contributed by atoms with Crippen LogP contribution < -0.4 is 4.74 Å². The minimum Gasteiger partial charge on any atom is -0.497 e. The van der Waals surface area contributed by atoms with Crippen LogP contribution in [0.1, 0.15) is 37.0 Å². The van der Waals surface area contributed by atoms with E-state index < -0.39 is 0 Å². The van der Waals surface area contributed by atoms with Crippen molar-refractivity contribution in [1.82, 2.24) is 9.80 Å². The average molecular weight is 346 g/mol. The van der Waals surface area contributed by atoms with Crippen molar-refractivity contribution in [3.8, 4) is 5.75 Å². The Balaban J connectivity index is 1.50. The van der Waals surface area contributed by atoms with Crippen LogP contribution in [0.5, 0.6) is 5.75 Å². The zero-order valence-corrected chi connectivity index (χ0v) is 15.7. The van der Waals surface area contributed by atoms with Gasteiger partial charge in [-0.3, -0.25) is 9.69 Å². The molecule has 2 saturated heterocycles. The summed E-state index contributed by atoms with van der Waals surface area (Å²) < 4.78 is 11.0. The first-order valence-corrected chi connectivity index (χ1v) is 9.26. The van der Waals surface area contributed by atoms with Crippen molar-refractivity contribution in [1.29, 1.82) is 0 Å². The highest BCUT2D eigenvalue weighted by Gasteiger charge is 2.31. The standard InChI is InChI=1S/C20H30N2O3/c1-20(2)14-16(7-12-25-20)15-21-8-10-22(11-9-21)19(23)17-5-4-6-18(13-17)24-3/h4-6,13,16H,7-12,14-15H2,1-3H3. The lowest BCUT2D eigenvalue weighted by molar-refractivity contribution is -0.0778. The molecule has 1 aromatic rings. The zero-order valence-electron chi connectivity index (χ0n) is 15.7. The van der Waals surface area contributed by atoms with Gasteiger partial charge in [0.2, 0.25) is 0 Å². The summed E-state index contributed by atoms with van der Waals surface area (Å²) in [5.41, 5.74) is 0.714. The van der Waals surface area contributed by atoms with E-state index in [9.17, 15) is 4.79 Å². The Morgan fingerprint density at radius 1 is 1.28 bits per heavy atom. The fourth-order valence-corrected chi connectivity index (χ4v) is 3.95. The van der Waals surface area contributed by atoms with Gasteiger partial charge in [0.1, 0.15) is 5.75 Å². The number of hydrogen-bond donors (Lipinski definition) is 0. The van der Waals surface area contributed by atoms with E-state index in [1.54, 1.807) is 7.11 Å². The van der Waals surface area contributed by atoms with Gasteiger partial charge in [0.05, 0.1) is 12.7 Å². The molecule has 0 aliphatic carbocycles. The molecular weight excluding hydrogens is 316 g/mol. The van der Waals surface area contributed by atoms with Crippen molar-refractivity contribution in [2.45, 2.75) is 32.3 Å². The first kappa shape index (κ1) is 18.2. The lowest BCUT2D eigenvalue weighted by Gasteiger charge is -2.40. The highest BCUT2D eigenvalue weighted by atomic mass is 16.5. The third kappa shape index (κ3) is 4.73. The largest absolute Gasteiger partial charge is 0.497 e. The van der Waals surface area contributed by atoms with Crippen LogP contribution in [0.3, 0.4) is 0 Å². The lowest BCUT2D eigenvalue weighted by Crippen LogP contribution is -2.50. The third-order valence-electron chi connectivity index (χ3n) is 5.29. The summed E-state index contributed by atoms with van der Waals surface area (Å²) in [6.07, 6.45) is 2.27. The van der Waals surface area contributed by atoms with Crippen LogP contribution in [0.4, 0.5) is 0 Å². The molecular formula is C20H30N2O3. The maximum atomic E-state index is 12.7. The number of methoxy groups -OCH3 is 1. The van der Waals surface area contributed by atoms with Crippen LogP contribution >= 0.6 is 0 Å². The maximum Gasteiger partial charge on any atom is 0.254 e. The van der Waals surface area contributed by atoms with Crippen LogP contribution in [-0.4, -0.2) is 67.7 Å². The molecule has 25 heavy (non-hydrogen) atoms. The minimum atomic E-state index is 0.00701. The summed E-state index contributed by atoms with van der Waals surface area (Å²) in [5.74, 6) is 1.53. The third-order valence-corrected chi connectivity index (χ3v) is 5.29. The number of benzene rings is 1. The molecule has 1 atom stereocenters. The second kappa shape index (κ2) is 7.75. The lowest BCUT2D eigenvalue weighted by atomic mass is 9.88. The Morgan fingerprint density at radius 2 is 2.04 bits per heavy atom. The fourth-order valence-electron chi connectivity index (χ4n) is 3.95. The molecule has 2 heterocycles. The van der Waals surface area contributed by atoms with E-state index in [1.165, 1.54) is 0 Å². The minimum absolute atomic E-state index is 0.00701. The molecule has 2 aliphatic rings. The van der Waals surface area contributed by atoms with Gasteiger partial charge in [-0.2, -0.15) is 0 Å². The van der Waals surface area contributed by atoms with Crippen molar-refractivity contribution >= 4 is 5.91 Å². The van der Waals surface area contributed by atoms with Crippen LogP contribution in [0.15, 0.2) is 24.3 Å². The average Bonchev–Trinajstić information content (AvgIpc) is 2.61. The summed E-state index contributed by atoms with van der Waals surface area (Å²) in [5, 5.41) is 0. The smallest absolute Gasteiger partial charge is 0.254 e. The van der Waals surface area contributed by atoms with E-state index in [-0.39, 0.29) is 11.5 Å². The van der Waals surface area contributed by atoms with Gasteiger partial charge >= 0.3 is 0 Å². The van der Waals surface area contributed by atoms with Crippen molar-refractivity contribution in [3.63, 3.8) is 0 Å². The van der Waals surface area contributed by atoms with Crippen LogP contribution in [0.2, 0.25) is 0 Å². The molecule has 138 valence electrons. The molecule has 5 heteroatoms. The normalized spacial score (nSPS) is 24.1. The number of nitrogens with zero attached hydrogens (tertiary/aromatic N) is 2. The van der Waals surface area contributed by atoms with Gasteiger partial charge in [-0.15, -0.1) is 0 Å². The summed E-state index contributed by atoms with van der Waals surface area (Å²) in [6.45, 7) is 9.85. The highest BCUT2D eigenvalue weighted by Crippen LogP contribution is 2.29. The first-order chi connectivity index (χ1) is 12.0. The number of carbonyl (C=O) groups is 1. The van der Waals surface area contributed by atoms with E-state index in [4.69, 9.17) is 9.47 Å². The van der Waals surface area contributed by atoms with Crippen molar-refractivity contribution < 1.29 is 14.3 Å². The second-order valence-corrected chi connectivity index (χ2v) is 7.79. The summed E-state index contributed by atoms with van der Waals surface area (Å²) >= 11 is 0. The molecule has 0 spiro atoms. The number of rotatable bonds is 4. The SMILES string of the molecule is COc1cccc(C(=O)N2CCN(CC3CCOC(C)(C)C3)CC2)c1. The van der Waals surface area contributed by atoms with Crippen LogP contribution in [0.25, 0.3) is 0 Å². The molecule has 0 radical (unpaired) electrons. The molecule has 1 unspecified atom stereocenters. The van der Waals surface area contributed by atoms with Crippen molar-refractivity contribution in [2.75, 3.05) is 46.4 Å². The van der Waals surface area contributed by atoms with Gasteiger partial charge in [-0.25, -0.2) is 0 Å². The molecule has 1 amide bonds. The van der Waals surface area contributed by atoms with Gasteiger partial charge in [-0.05, 0) is 50.8 Å². The number of amides is 1. The van der Waals surface area contributed by atoms with Crippen molar-refractivity contribution in [3.05, 3.63) is 29.8 Å². The topological polar surface area (TPSA) is 42.0 Å². The Morgan fingerprint density at radius 3 is 2.72 bits per heavy atom. The van der Waals surface area contributed by atoms with E-state index in [0.717, 1.165) is 57.9 Å². The van der Waals surface area contributed by atoms with Gasteiger partial charge in [0.25, 0.3) is 5.91 Å². The second-order valence-electron chi connectivity index (χ2n) is 7.79. The Hall–Kier alpha value is -1.59. The number of carbonyl (C=O) groups excluding carboxylic acids is 1. The summed E-state index contributed by atoms with van der Waals surface area (Å²) in [6, 6.07) is 7.42. The van der Waals surface area contributed by atoms with Gasteiger partial charge in [0, 0.05) is 44.9 Å². The predicted octanol–water partition coefficient (Wildman–Crippen LogP) is 2.66. The van der Waals surface area contributed by atoms with E-state index in [2.05, 4.69) is 18.7 Å². The zero-order chi connectivity index (χ0) is 17.9. The van der Waals surface area contributed by atoms with Crippen molar-refractivity contribution in [2.24, 2.45) is 5.92 Å². The number of piperazine rings is 1. The molecule has 0 saturated carbocycles. The van der Waals surface area contributed by atoms with Gasteiger partial charge in [-0.1, -0.05) is 6.07 Å². The first-order valence-electron chi connectivity index (χ1n) is 9.26.